The quantitative estimate of drug-likeness (QED) is 0.214. The fourth-order valence-corrected chi connectivity index (χ4v) is 4.10. The molecule has 166 valence electrons. The maximum Gasteiger partial charge on any atom is 0.320 e. The third kappa shape index (κ3) is 11.8. The van der Waals surface area contributed by atoms with Gasteiger partial charge in [0, 0.05) is 43.9 Å². The molecule has 0 saturated heterocycles. The molecule has 0 aliphatic heterocycles. The highest BCUT2D eigenvalue weighted by molar-refractivity contribution is 7.49. The van der Waals surface area contributed by atoms with Crippen LogP contribution in [0.1, 0.15) is 51.5 Å². The number of hydrogen-bond acceptors (Lipinski definition) is 4. The Balaban J connectivity index is 2.50. The zero-order valence-electron chi connectivity index (χ0n) is 18.1. The van der Waals surface area contributed by atoms with Gasteiger partial charge in [-0.1, -0.05) is 25.1 Å². The predicted octanol–water partition coefficient (Wildman–Crippen LogP) is 4.41. The molecule has 0 aliphatic carbocycles. The van der Waals surface area contributed by atoms with Crippen LogP contribution in [0.5, 0.6) is 0 Å². The minimum atomic E-state index is -0.889. The summed E-state index contributed by atoms with van der Waals surface area (Å²) in [5.74, 6) is -0.121. The Hall–Kier alpha value is -2.08. The van der Waals surface area contributed by atoms with Gasteiger partial charge in [0.15, 0.2) is 0 Å². The van der Waals surface area contributed by atoms with Crippen molar-refractivity contribution in [2.24, 2.45) is 0 Å². The molecule has 1 rings (SSSR count). The third-order valence-corrected chi connectivity index (χ3v) is 5.90. The van der Waals surface area contributed by atoms with E-state index >= 15 is 0 Å². The lowest BCUT2D eigenvalue weighted by Gasteiger charge is -2.18. The van der Waals surface area contributed by atoms with Crippen LogP contribution in [0.25, 0.3) is 0 Å². The monoisotopic (exact) mass is 437 g/mol. The Morgan fingerprint density at radius 1 is 1.17 bits per heavy atom. The van der Waals surface area contributed by atoms with Crippen LogP contribution < -0.4 is 10.4 Å². The summed E-state index contributed by atoms with van der Waals surface area (Å²) >= 11 is 0. The van der Waals surface area contributed by atoms with Crippen LogP contribution in [0.2, 0.25) is 0 Å². The normalized spacial score (nSPS) is 12.8. The van der Waals surface area contributed by atoms with E-state index in [2.05, 4.69) is 23.4 Å². The molecule has 1 aromatic rings. The van der Waals surface area contributed by atoms with E-state index in [1.54, 1.807) is 7.11 Å². The SMILES string of the molecule is CC/C=C\C(CCNP(Cc1ccc(NC(=O)CCCC(=O)O)cc1)OCC)=[O+]C. The van der Waals surface area contributed by atoms with E-state index in [0.717, 1.165) is 36.9 Å². The Kier molecular flexibility index (Phi) is 13.6. The van der Waals surface area contributed by atoms with Gasteiger partial charge in [-0.05, 0) is 37.5 Å². The first-order valence-corrected chi connectivity index (χ1v) is 11.7. The molecule has 3 N–H and O–H groups in total. The molecule has 0 bridgehead atoms. The Labute approximate surface area is 180 Å². The van der Waals surface area contributed by atoms with Crippen molar-refractivity contribution in [1.82, 2.24) is 5.09 Å². The Morgan fingerprint density at radius 2 is 1.90 bits per heavy atom. The molecule has 0 heterocycles. The first-order chi connectivity index (χ1) is 14.5. The van der Waals surface area contributed by atoms with Crippen LogP contribution in [0.4, 0.5) is 5.69 Å². The number of benzene rings is 1. The summed E-state index contributed by atoms with van der Waals surface area (Å²) in [6, 6.07) is 7.66. The number of allylic oxidation sites excluding steroid dienone is 2. The van der Waals surface area contributed by atoms with Gasteiger partial charge >= 0.3 is 11.8 Å². The predicted molar refractivity (Wildman–Crippen MR) is 122 cm³/mol. The van der Waals surface area contributed by atoms with Crippen LogP contribution in [0.15, 0.2) is 36.4 Å². The van der Waals surface area contributed by atoms with E-state index in [-0.39, 0.29) is 18.7 Å². The van der Waals surface area contributed by atoms with Crippen molar-refractivity contribution in [1.29, 1.82) is 0 Å². The van der Waals surface area contributed by atoms with Crippen LogP contribution >= 0.6 is 8.30 Å². The number of nitrogens with one attached hydrogen (secondary N) is 2. The summed E-state index contributed by atoms with van der Waals surface area (Å²) in [5, 5.41) is 14.9. The van der Waals surface area contributed by atoms with Gasteiger partial charge in [0.2, 0.25) is 5.91 Å². The number of carboxylic acid groups (broad SMARTS) is 1. The summed E-state index contributed by atoms with van der Waals surface area (Å²) in [7, 11) is 0.875. The summed E-state index contributed by atoms with van der Waals surface area (Å²) in [4.78, 5) is 22.4. The van der Waals surface area contributed by atoms with Gasteiger partial charge in [0.1, 0.15) is 8.30 Å². The van der Waals surface area contributed by atoms with Crippen molar-refractivity contribution in [3.63, 3.8) is 0 Å². The van der Waals surface area contributed by atoms with E-state index in [4.69, 9.17) is 14.1 Å². The van der Waals surface area contributed by atoms with Crippen LogP contribution in [0, 0.1) is 0 Å². The van der Waals surface area contributed by atoms with Gasteiger partial charge in [-0.25, -0.2) is 0 Å². The second-order valence-electron chi connectivity index (χ2n) is 6.59. The lowest BCUT2D eigenvalue weighted by Crippen LogP contribution is -2.15. The minimum absolute atomic E-state index is 0.00113. The van der Waals surface area contributed by atoms with Crippen LogP contribution in [-0.2, 0) is 24.7 Å². The molecule has 0 radical (unpaired) electrons. The van der Waals surface area contributed by atoms with Gasteiger partial charge in [0.25, 0.3) is 7.11 Å². The second-order valence-corrected chi connectivity index (χ2v) is 8.23. The molecule has 0 aliphatic rings. The number of carbonyl (C=O) groups is 2. The average molecular weight is 437 g/mol. The van der Waals surface area contributed by atoms with E-state index in [1.165, 1.54) is 0 Å². The summed E-state index contributed by atoms with van der Waals surface area (Å²) < 4.78 is 11.3. The molecule has 0 aromatic heterocycles. The molecule has 0 saturated carbocycles. The highest BCUT2D eigenvalue weighted by Crippen LogP contribution is 2.36. The van der Waals surface area contributed by atoms with Crippen molar-refractivity contribution in [3.05, 3.63) is 42.0 Å². The van der Waals surface area contributed by atoms with Crippen molar-refractivity contribution in [2.45, 2.75) is 52.1 Å². The van der Waals surface area contributed by atoms with Gasteiger partial charge in [0.05, 0.1) is 6.42 Å². The Morgan fingerprint density at radius 3 is 2.50 bits per heavy atom. The summed E-state index contributed by atoms with van der Waals surface area (Å²) in [6.45, 7) is 5.48. The molecule has 1 amide bonds. The first kappa shape index (κ1) is 26.0. The highest BCUT2D eigenvalue weighted by Gasteiger charge is 2.12. The topological polar surface area (TPSA) is 99.0 Å². The maximum absolute atomic E-state index is 11.9. The average Bonchev–Trinajstić information content (AvgIpc) is 2.71. The fourth-order valence-electron chi connectivity index (χ4n) is 2.59. The van der Waals surface area contributed by atoms with Crippen molar-refractivity contribution in [3.8, 4) is 0 Å². The fraction of sp³-hybridized carbons (Fsp3) is 0.500. The highest BCUT2D eigenvalue weighted by atomic mass is 31.2. The van der Waals surface area contributed by atoms with Crippen molar-refractivity contribution >= 4 is 31.6 Å². The molecule has 1 unspecified atom stereocenters. The lowest BCUT2D eigenvalue weighted by atomic mass is 10.2. The van der Waals surface area contributed by atoms with Gasteiger partial charge in [-0.2, -0.15) is 0 Å². The third-order valence-electron chi connectivity index (χ3n) is 4.10. The molecule has 1 aromatic carbocycles. The molecule has 30 heavy (non-hydrogen) atoms. The number of carbonyl (C=O) groups excluding carboxylic acids is 2. The largest absolute Gasteiger partial charge is 0.481 e. The molecule has 1 atom stereocenters. The number of amides is 1. The number of rotatable bonds is 15. The van der Waals surface area contributed by atoms with E-state index < -0.39 is 14.3 Å². The van der Waals surface area contributed by atoms with Gasteiger partial charge in [-0.3, -0.25) is 19.1 Å². The second kappa shape index (κ2) is 15.7. The number of anilines is 1. The van der Waals surface area contributed by atoms with E-state index in [1.807, 2.05) is 37.3 Å². The number of ketones is 1. The number of carboxylic acids is 1. The number of aliphatic carboxylic acids is 1. The molecule has 0 fully saturated rings. The number of hydrogen-bond donors (Lipinski definition) is 3. The summed E-state index contributed by atoms with van der Waals surface area (Å²) in [6.07, 6.45) is 7.16. The first-order valence-electron chi connectivity index (χ1n) is 10.3. The van der Waals surface area contributed by atoms with E-state index in [9.17, 15) is 9.59 Å². The standard InChI is InChI=1S/C22H33N2O5P/c1-4-6-8-20(28-3)15-16-23-30(29-5-2)17-18-11-13-19(14-12-18)24-21(25)9-7-10-22(26)27/h6,8,11-14,23H,4-5,7,9-10,15-17H2,1-3H3,(H-,24,25,26,27)/p+1/b8-6-. The lowest BCUT2D eigenvalue weighted by molar-refractivity contribution is -0.420. The van der Waals surface area contributed by atoms with Crippen molar-refractivity contribution in [2.75, 3.05) is 25.6 Å². The molecule has 8 heteroatoms. The van der Waals surface area contributed by atoms with Gasteiger partial charge in [-0.15, -0.1) is 0 Å². The zero-order chi connectivity index (χ0) is 22.2. The summed E-state index contributed by atoms with van der Waals surface area (Å²) in [5.41, 5.74) is 1.82. The molecule has 7 nitrogen and oxygen atoms in total. The van der Waals surface area contributed by atoms with Crippen LogP contribution in [0.3, 0.4) is 0 Å². The molecular formula is C22H34N2O5P+. The zero-order valence-corrected chi connectivity index (χ0v) is 19.0. The molecule has 0 spiro atoms. The van der Waals surface area contributed by atoms with Gasteiger partial charge < -0.3 is 14.9 Å². The Bertz CT molecular complexity index is 704. The minimum Gasteiger partial charge on any atom is -0.481 e. The van der Waals surface area contributed by atoms with Crippen LogP contribution in [-0.4, -0.2) is 43.0 Å². The molecular weight excluding hydrogens is 403 g/mol. The smallest absolute Gasteiger partial charge is 0.320 e. The van der Waals surface area contributed by atoms with Crippen molar-refractivity contribution < 1.29 is 23.6 Å². The maximum atomic E-state index is 11.9. The van der Waals surface area contributed by atoms with E-state index in [0.29, 0.717) is 18.7 Å².